The third-order valence-electron chi connectivity index (χ3n) is 5.30. The Labute approximate surface area is 199 Å². The largest absolute Gasteiger partial charge is 0.418 e. The molecule has 0 bridgehead atoms. The summed E-state index contributed by atoms with van der Waals surface area (Å²) in [7, 11) is 0. The fraction of sp³-hybridized carbons (Fsp3) is 0.0741. The molecule has 176 valence electrons. The number of amides is 2. The van der Waals surface area contributed by atoms with Crippen molar-refractivity contribution < 1.29 is 22.8 Å². The molecule has 8 heteroatoms. The van der Waals surface area contributed by atoms with E-state index in [1.807, 2.05) is 0 Å². The monoisotopic (exact) mass is 475 g/mol. The number of hydrogen-bond acceptors (Lipinski definition) is 3. The first-order valence-electron chi connectivity index (χ1n) is 10.6. The minimum Gasteiger partial charge on any atom is -0.334 e. The molecular formula is C27H20F3N3O2. The number of carbonyl (C=O) groups is 2. The summed E-state index contributed by atoms with van der Waals surface area (Å²) in [4.78, 5) is 29.5. The first-order chi connectivity index (χ1) is 16.8. The molecule has 0 saturated carbocycles. The van der Waals surface area contributed by atoms with Gasteiger partial charge >= 0.3 is 12.2 Å². The number of anilines is 1. The van der Waals surface area contributed by atoms with Crippen LogP contribution in [0.5, 0.6) is 0 Å². The maximum absolute atomic E-state index is 13.7. The fourth-order valence-corrected chi connectivity index (χ4v) is 3.77. The molecule has 0 aliphatic heterocycles. The summed E-state index contributed by atoms with van der Waals surface area (Å²) in [5.41, 5.74) is 0.521. The van der Waals surface area contributed by atoms with Gasteiger partial charge in [0.15, 0.2) is 5.78 Å². The molecule has 4 aromatic rings. The number of halogens is 3. The predicted molar refractivity (Wildman–Crippen MR) is 129 cm³/mol. The number of para-hydroxylation sites is 1. The van der Waals surface area contributed by atoms with Crippen LogP contribution in [0.2, 0.25) is 0 Å². The summed E-state index contributed by atoms with van der Waals surface area (Å²) in [6, 6.07) is 18.3. The number of urea groups is 1. The van der Waals surface area contributed by atoms with Crippen molar-refractivity contribution in [2.75, 3.05) is 11.9 Å². The summed E-state index contributed by atoms with van der Waals surface area (Å²) in [5.74, 6) is -0.380. The summed E-state index contributed by atoms with van der Waals surface area (Å²) >= 11 is 0. The Morgan fingerprint density at radius 1 is 0.971 bits per heavy atom. The lowest BCUT2D eigenvalue weighted by atomic mass is 9.91. The fourth-order valence-electron chi connectivity index (χ4n) is 3.77. The molecule has 35 heavy (non-hydrogen) atoms. The molecule has 1 aromatic heterocycles. The lowest BCUT2D eigenvalue weighted by Gasteiger charge is -2.16. The molecule has 2 N–H and O–H groups in total. The zero-order valence-corrected chi connectivity index (χ0v) is 18.4. The van der Waals surface area contributed by atoms with Gasteiger partial charge < -0.3 is 10.6 Å². The highest BCUT2D eigenvalue weighted by atomic mass is 19.4. The van der Waals surface area contributed by atoms with E-state index in [1.54, 1.807) is 54.6 Å². The van der Waals surface area contributed by atoms with E-state index in [4.69, 9.17) is 0 Å². The van der Waals surface area contributed by atoms with E-state index >= 15 is 0 Å². The number of carbonyl (C=O) groups excluding carboxylic acids is 2. The van der Waals surface area contributed by atoms with Gasteiger partial charge in [0.05, 0.1) is 11.1 Å². The Morgan fingerprint density at radius 2 is 1.71 bits per heavy atom. The molecule has 0 aliphatic carbocycles. The van der Waals surface area contributed by atoms with Crippen LogP contribution in [0.25, 0.3) is 22.0 Å². The van der Waals surface area contributed by atoms with Gasteiger partial charge in [-0.1, -0.05) is 60.7 Å². The highest BCUT2D eigenvalue weighted by molar-refractivity contribution is 6.17. The molecule has 0 fully saturated rings. The van der Waals surface area contributed by atoms with E-state index in [0.717, 1.165) is 6.07 Å². The molecule has 5 nitrogen and oxygen atoms in total. The molecule has 0 spiro atoms. The van der Waals surface area contributed by atoms with Crippen LogP contribution in [0.1, 0.15) is 21.5 Å². The number of ketones is 1. The van der Waals surface area contributed by atoms with E-state index in [0.29, 0.717) is 22.4 Å². The molecule has 0 radical (unpaired) electrons. The van der Waals surface area contributed by atoms with Gasteiger partial charge in [-0.05, 0) is 23.8 Å². The van der Waals surface area contributed by atoms with Crippen LogP contribution in [0.4, 0.5) is 23.7 Å². The molecule has 0 saturated heterocycles. The van der Waals surface area contributed by atoms with Gasteiger partial charge in [0.2, 0.25) is 0 Å². The Balaban J connectivity index is 1.92. The number of pyridine rings is 1. The van der Waals surface area contributed by atoms with Crippen LogP contribution in [0, 0.1) is 0 Å². The standard InChI is InChI=1S/C27H20F3N3O2/c1-2-14-31-26(35)33-19-11-6-10-18(15-19)23-20-12-7-13-22(27(28,29)30)24(20)32-16-21(23)25(34)17-8-4-3-5-9-17/h2-13,15-16H,1,14H2,(H2,31,33,35). The van der Waals surface area contributed by atoms with E-state index in [9.17, 15) is 22.8 Å². The van der Waals surface area contributed by atoms with Crippen molar-refractivity contribution in [2.45, 2.75) is 6.18 Å². The van der Waals surface area contributed by atoms with Crippen molar-refractivity contribution in [3.05, 3.63) is 108 Å². The average molecular weight is 475 g/mol. The van der Waals surface area contributed by atoms with Gasteiger partial charge in [-0.2, -0.15) is 13.2 Å². The minimum absolute atomic E-state index is 0.149. The number of benzene rings is 3. The van der Waals surface area contributed by atoms with Crippen molar-refractivity contribution in [1.29, 1.82) is 0 Å². The maximum atomic E-state index is 13.7. The van der Waals surface area contributed by atoms with Crippen LogP contribution < -0.4 is 10.6 Å². The van der Waals surface area contributed by atoms with E-state index < -0.39 is 17.8 Å². The number of nitrogens with zero attached hydrogens (tertiary/aromatic N) is 1. The topological polar surface area (TPSA) is 71.1 Å². The lowest BCUT2D eigenvalue weighted by molar-refractivity contribution is -0.136. The molecular weight excluding hydrogens is 455 g/mol. The highest BCUT2D eigenvalue weighted by Crippen LogP contribution is 2.39. The summed E-state index contributed by atoms with van der Waals surface area (Å²) in [6.45, 7) is 3.80. The Kier molecular flexibility index (Phi) is 6.64. The van der Waals surface area contributed by atoms with Crippen molar-refractivity contribution in [3.8, 4) is 11.1 Å². The van der Waals surface area contributed by atoms with Crippen molar-refractivity contribution in [1.82, 2.24) is 10.3 Å². The quantitative estimate of drug-likeness (QED) is 0.248. The average Bonchev–Trinajstić information content (AvgIpc) is 2.86. The van der Waals surface area contributed by atoms with Crippen LogP contribution in [-0.4, -0.2) is 23.3 Å². The minimum atomic E-state index is -4.62. The van der Waals surface area contributed by atoms with Crippen molar-refractivity contribution in [3.63, 3.8) is 0 Å². The second kappa shape index (κ2) is 9.80. The summed E-state index contributed by atoms with van der Waals surface area (Å²) in [6.07, 6.45) is -1.92. The molecule has 2 amide bonds. The Bertz CT molecular complexity index is 1420. The number of aromatic nitrogens is 1. The normalized spacial score (nSPS) is 11.2. The molecule has 4 rings (SSSR count). The van der Waals surface area contributed by atoms with Gasteiger partial charge in [0.25, 0.3) is 0 Å². The van der Waals surface area contributed by atoms with Crippen LogP contribution >= 0.6 is 0 Å². The SMILES string of the molecule is C=CCNC(=O)Nc1cccc(-c2c(C(=O)c3ccccc3)cnc3c(C(F)(F)F)cccc23)c1. The van der Waals surface area contributed by atoms with E-state index in [2.05, 4.69) is 22.2 Å². The molecule has 1 heterocycles. The van der Waals surface area contributed by atoms with E-state index in [1.165, 1.54) is 24.4 Å². The predicted octanol–water partition coefficient (Wildman–Crippen LogP) is 6.46. The summed E-state index contributed by atoms with van der Waals surface area (Å²) < 4.78 is 41.2. The van der Waals surface area contributed by atoms with Gasteiger partial charge in [0, 0.05) is 40.5 Å². The van der Waals surface area contributed by atoms with Gasteiger partial charge in [-0.3, -0.25) is 9.78 Å². The smallest absolute Gasteiger partial charge is 0.334 e. The zero-order chi connectivity index (χ0) is 25.0. The van der Waals surface area contributed by atoms with Crippen LogP contribution in [0.15, 0.2) is 91.6 Å². The van der Waals surface area contributed by atoms with Crippen molar-refractivity contribution in [2.24, 2.45) is 0 Å². The second-order valence-corrected chi connectivity index (χ2v) is 7.65. The van der Waals surface area contributed by atoms with Gasteiger partial charge in [0.1, 0.15) is 0 Å². The van der Waals surface area contributed by atoms with Crippen molar-refractivity contribution >= 4 is 28.4 Å². The molecule has 3 aromatic carbocycles. The molecule has 0 atom stereocenters. The number of hydrogen-bond donors (Lipinski definition) is 2. The first-order valence-corrected chi connectivity index (χ1v) is 10.6. The maximum Gasteiger partial charge on any atom is 0.418 e. The third kappa shape index (κ3) is 5.06. The van der Waals surface area contributed by atoms with Crippen LogP contribution in [0.3, 0.4) is 0 Å². The highest BCUT2D eigenvalue weighted by Gasteiger charge is 2.34. The summed E-state index contributed by atoms with van der Waals surface area (Å²) in [5, 5.41) is 5.44. The van der Waals surface area contributed by atoms with Crippen LogP contribution in [-0.2, 0) is 6.18 Å². The first kappa shape index (κ1) is 23.7. The number of rotatable bonds is 6. The van der Waals surface area contributed by atoms with Gasteiger partial charge in [-0.25, -0.2) is 4.79 Å². The lowest BCUT2D eigenvalue weighted by Crippen LogP contribution is -2.28. The molecule has 0 unspecified atom stereocenters. The van der Waals surface area contributed by atoms with Gasteiger partial charge in [-0.15, -0.1) is 6.58 Å². The molecule has 0 aliphatic rings. The zero-order valence-electron chi connectivity index (χ0n) is 18.4. The number of fused-ring (bicyclic) bond motifs is 1. The third-order valence-corrected chi connectivity index (χ3v) is 5.30. The number of alkyl halides is 3. The Morgan fingerprint density at radius 3 is 2.43 bits per heavy atom. The second-order valence-electron chi connectivity index (χ2n) is 7.65. The Hall–Kier alpha value is -4.46. The number of nitrogens with one attached hydrogen (secondary N) is 2. The van der Waals surface area contributed by atoms with E-state index in [-0.39, 0.29) is 28.8 Å².